The molecule has 2 fully saturated rings. The number of likely N-dealkylation sites (tertiary alicyclic amines) is 1. The summed E-state index contributed by atoms with van der Waals surface area (Å²) in [5.41, 5.74) is 0. The van der Waals surface area contributed by atoms with Crippen LogP contribution in [-0.2, 0) is 4.79 Å². The molecule has 0 aromatic heterocycles. The van der Waals surface area contributed by atoms with Crippen LogP contribution in [-0.4, -0.2) is 47.4 Å². The quantitative estimate of drug-likeness (QED) is 0.879. The standard InChI is InChI=1S/C17H19ClF3NO3/c18-12-2-1-3-13(6-12)25-15-5-11-9-22(8-10(11)4-14(15)23)16(24)7-17(19,20)21/h1-3,6,10-11,14-15,23H,4-5,7-9H2/t10-,11+,14+,15+/m0/s1. The Balaban J connectivity index is 1.61. The van der Waals surface area contributed by atoms with Crippen LogP contribution >= 0.6 is 11.6 Å². The Morgan fingerprint density at radius 1 is 1.28 bits per heavy atom. The normalized spacial score (nSPS) is 29.4. The van der Waals surface area contributed by atoms with E-state index in [1.165, 1.54) is 4.90 Å². The van der Waals surface area contributed by atoms with Gasteiger partial charge in [0.2, 0.25) is 5.91 Å². The third-order valence-corrected chi connectivity index (χ3v) is 5.11. The van der Waals surface area contributed by atoms with Crippen molar-refractivity contribution in [3.05, 3.63) is 29.3 Å². The van der Waals surface area contributed by atoms with E-state index in [0.29, 0.717) is 23.6 Å². The van der Waals surface area contributed by atoms with Gasteiger partial charge in [-0.2, -0.15) is 13.2 Å². The Morgan fingerprint density at radius 3 is 2.60 bits per heavy atom. The van der Waals surface area contributed by atoms with E-state index in [2.05, 4.69) is 0 Å². The molecule has 1 aromatic carbocycles. The minimum atomic E-state index is -4.50. The highest BCUT2D eigenvalue weighted by Crippen LogP contribution is 2.39. The second kappa shape index (κ2) is 7.03. The zero-order valence-electron chi connectivity index (χ0n) is 13.4. The molecule has 1 heterocycles. The van der Waals surface area contributed by atoms with E-state index < -0.39 is 30.7 Å². The largest absolute Gasteiger partial charge is 0.488 e. The molecule has 0 bridgehead atoms. The SMILES string of the molecule is O=C(CC(F)(F)F)N1C[C@H]2C[C@@H](Oc3cccc(Cl)c3)[C@H](O)C[C@H]2C1. The third-order valence-electron chi connectivity index (χ3n) is 4.87. The van der Waals surface area contributed by atoms with Crippen molar-refractivity contribution in [1.82, 2.24) is 4.90 Å². The van der Waals surface area contributed by atoms with Crippen LogP contribution in [0.4, 0.5) is 13.2 Å². The summed E-state index contributed by atoms with van der Waals surface area (Å²) in [5.74, 6) is -0.321. The van der Waals surface area contributed by atoms with Crippen LogP contribution in [0.5, 0.6) is 5.75 Å². The van der Waals surface area contributed by atoms with E-state index in [1.54, 1.807) is 24.3 Å². The van der Waals surface area contributed by atoms with Gasteiger partial charge in [0.15, 0.2) is 0 Å². The first-order valence-electron chi connectivity index (χ1n) is 8.16. The molecule has 1 aliphatic heterocycles. The van der Waals surface area contributed by atoms with Gasteiger partial charge in [-0.3, -0.25) is 4.79 Å². The summed E-state index contributed by atoms with van der Waals surface area (Å²) >= 11 is 5.92. The number of benzene rings is 1. The van der Waals surface area contributed by atoms with Crippen LogP contribution in [0.3, 0.4) is 0 Å². The first kappa shape index (κ1) is 18.3. The minimum absolute atomic E-state index is 0.00592. The van der Waals surface area contributed by atoms with Gasteiger partial charge in [0, 0.05) is 18.1 Å². The lowest BCUT2D eigenvalue weighted by Gasteiger charge is -2.35. The van der Waals surface area contributed by atoms with Crippen LogP contribution in [0.25, 0.3) is 0 Å². The van der Waals surface area contributed by atoms with Gasteiger partial charge in [-0.05, 0) is 42.9 Å². The number of ether oxygens (including phenoxy) is 1. The van der Waals surface area contributed by atoms with Gasteiger partial charge < -0.3 is 14.7 Å². The van der Waals surface area contributed by atoms with Crippen molar-refractivity contribution < 1.29 is 27.8 Å². The number of rotatable bonds is 3. The number of amides is 1. The van der Waals surface area contributed by atoms with Crippen LogP contribution < -0.4 is 4.74 Å². The lowest BCUT2D eigenvalue weighted by molar-refractivity contribution is -0.160. The zero-order valence-corrected chi connectivity index (χ0v) is 14.1. The fourth-order valence-corrected chi connectivity index (χ4v) is 3.90. The minimum Gasteiger partial charge on any atom is -0.488 e. The van der Waals surface area contributed by atoms with Crippen LogP contribution in [0.2, 0.25) is 5.02 Å². The van der Waals surface area contributed by atoms with Crippen LogP contribution in [0.1, 0.15) is 19.3 Å². The van der Waals surface area contributed by atoms with Gasteiger partial charge >= 0.3 is 6.18 Å². The molecule has 1 saturated heterocycles. The van der Waals surface area contributed by atoms with Crippen molar-refractivity contribution in [3.63, 3.8) is 0 Å². The van der Waals surface area contributed by atoms with E-state index in [-0.39, 0.29) is 24.9 Å². The van der Waals surface area contributed by atoms with Crippen LogP contribution in [0, 0.1) is 11.8 Å². The number of fused-ring (bicyclic) bond motifs is 1. The lowest BCUT2D eigenvalue weighted by Crippen LogP contribution is -2.42. The predicted octanol–water partition coefficient (Wildman–Crippen LogP) is 3.27. The molecular weight excluding hydrogens is 359 g/mol. The number of aliphatic hydroxyl groups excluding tert-OH is 1. The first-order valence-corrected chi connectivity index (χ1v) is 8.54. The van der Waals surface area contributed by atoms with Gasteiger partial charge in [-0.25, -0.2) is 0 Å². The summed E-state index contributed by atoms with van der Waals surface area (Å²) < 4.78 is 43.0. The summed E-state index contributed by atoms with van der Waals surface area (Å²) in [4.78, 5) is 13.1. The summed E-state index contributed by atoms with van der Waals surface area (Å²) in [5, 5.41) is 10.8. The molecule has 138 valence electrons. The van der Waals surface area contributed by atoms with Crippen molar-refractivity contribution >= 4 is 17.5 Å². The van der Waals surface area contributed by atoms with E-state index in [0.717, 1.165) is 0 Å². The number of carbonyl (C=O) groups excluding carboxylic acids is 1. The molecule has 0 unspecified atom stereocenters. The molecular formula is C17H19ClF3NO3. The Bertz CT molecular complexity index is 640. The molecule has 1 saturated carbocycles. The highest BCUT2D eigenvalue weighted by atomic mass is 35.5. The Hall–Kier alpha value is -1.47. The molecule has 1 amide bonds. The number of aliphatic hydroxyl groups is 1. The molecule has 25 heavy (non-hydrogen) atoms. The van der Waals surface area contributed by atoms with Gasteiger partial charge in [-0.15, -0.1) is 0 Å². The molecule has 8 heteroatoms. The van der Waals surface area contributed by atoms with E-state index in [4.69, 9.17) is 16.3 Å². The summed E-state index contributed by atoms with van der Waals surface area (Å²) in [6.45, 7) is 0.544. The highest BCUT2D eigenvalue weighted by molar-refractivity contribution is 6.30. The molecule has 1 aromatic rings. The maximum atomic E-state index is 12.4. The molecule has 4 atom stereocenters. The maximum Gasteiger partial charge on any atom is 0.397 e. The maximum absolute atomic E-state index is 12.4. The molecule has 4 nitrogen and oxygen atoms in total. The number of hydrogen-bond acceptors (Lipinski definition) is 3. The van der Waals surface area contributed by atoms with Crippen molar-refractivity contribution in [2.45, 2.75) is 37.6 Å². The summed E-state index contributed by atoms with van der Waals surface area (Å²) in [7, 11) is 0. The highest BCUT2D eigenvalue weighted by Gasteiger charge is 2.45. The fourth-order valence-electron chi connectivity index (χ4n) is 3.72. The summed E-state index contributed by atoms with van der Waals surface area (Å²) in [6.07, 6.45) is -6.21. The molecule has 0 spiro atoms. The summed E-state index contributed by atoms with van der Waals surface area (Å²) in [6, 6.07) is 6.83. The smallest absolute Gasteiger partial charge is 0.397 e. The Labute approximate surface area is 148 Å². The lowest BCUT2D eigenvalue weighted by atomic mass is 9.78. The second-order valence-electron chi connectivity index (χ2n) is 6.76. The first-order chi connectivity index (χ1) is 11.7. The van der Waals surface area contributed by atoms with E-state index in [9.17, 15) is 23.1 Å². The van der Waals surface area contributed by atoms with Crippen molar-refractivity contribution in [2.24, 2.45) is 11.8 Å². The van der Waals surface area contributed by atoms with Crippen molar-refractivity contribution in [3.8, 4) is 5.75 Å². The van der Waals surface area contributed by atoms with Crippen LogP contribution in [0.15, 0.2) is 24.3 Å². The molecule has 0 radical (unpaired) electrons. The predicted molar refractivity (Wildman–Crippen MR) is 85.3 cm³/mol. The van der Waals surface area contributed by atoms with Crippen molar-refractivity contribution in [1.29, 1.82) is 0 Å². The number of carbonyl (C=O) groups is 1. The number of hydrogen-bond donors (Lipinski definition) is 1. The Kier molecular flexibility index (Phi) is 5.16. The van der Waals surface area contributed by atoms with E-state index >= 15 is 0 Å². The number of halogens is 4. The average molecular weight is 378 g/mol. The average Bonchev–Trinajstić information content (AvgIpc) is 2.89. The monoisotopic (exact) mass is 377 g/mol. The fraction of sp³-hybridized carbons (Fsp3) is 0.588. The molecule has 1 aliphatic carbocycles. The number of alkyl halides is 3. The second-order valence-corrected chi connectivity index (χ2v) is 7.20. The topological polar surface area (TPSA) is 49.8 Å². The van der Waals surface area contributed by atoms with Crippen molar-refractivity contribution in [2.75, 3.05) is 13.1 Å². The Morgan fingerprint density at radius 2 is 1.96 bits per heavy atom. The van der Waals surface area contributed by atoms with E-state index in [1.807, 2.05) is 0 Å². The molecule has 1 N–H and O–H groups in total. The number of nitrogens with zero attached hydrogens (tertiary/aromatic N) is 1. The molecule has 2 aliphatic rings. The van der Waals surface area contributed by atoms with Gasteiger partial charge in [0.05, 0.1) is 6.10 Å². The van der Waals surface area contributed by atoms with Gasteiger partial charge in [0.1, 0.15) is 18.3 Å². The third kappa shape index (κ3) is 4.58. The van der Waals surface area contributed by atoms with Gasteiger partial charge in [0.25, 0.3) is 0 Å². The van der Waals surface area contributed by atoms with Gasteiger partial charge in [-0.1, -0.05) is 17.7 Å². The zero-order chi connectivity index (χ0) is 18.2. The molecule has 3 rings (SSSR count).